The zero-order chi connectivity index (χ0) is 17.6. The summed E-state index contributed by atoms with van der Waals surface area (Å²) in [5.74, 6) is 0.808. The molecule has 25 heavy (non-hydrogen) atoms. The van der Waals surface area contributed by atoms with Crippen molar-refractivity contribution in [1.29, 1.82) is 5.26 Å². The fraction of sp³-hybridized carbons (Fsp3) is 0.158. The number of hydrogen-bond donors (Lipinski definition) is 0. The molecule has 0 saturated carbocycles. The highest BCUT2D eigenvalue weighted by Gasteiger charge is 2.11. The number of nitrogens with zero attached hydrogens (tertiary/aromatic N) is 2. The van der Waals surface area contributed by atoms with Gasteiger partial charge in [0.25, 0.3) is 0 Å². The van der Waals surface area contributed by atoms with Crippen molar-refractivity contribution < 1.29 is 18.4 Å². The van der Waals surface area contributed by atoms with Crippen molar-refractivity contribution in [2.45, 2.75) is 13.0 Å². The Morgan fingerprint density at radius 3 is 2.84 bits per heavy atom. The van der Waals surface area contributed by atoms with E-state index >= 15 is 0 Å². The molecule has 0 aliphatic heterocycles. The lowest BCUT2D eigenvalue weighted by Gasteiger charge is -2.16. The minimum absolute atomic E-state index is 0.0884. The Morgan fingerprint density at radius 1 is 1.24 bits per heavy atom. The van der Waals surface area contributed by atoms with Crippen LogP contribution >= 0.6 is 0 Å². The summed E-state index contributed by atoms with van der Waals surface area (Å²) in [6, 6.07) is 15.1. The highest BCUT2D eigenvalue weighted by atomic mass is 19.1. The Bertz CT molecular complexity index is 888. The van der Waals surface area contributed by atoms with Gasteiger partial charge in [-0.15, -0.1) is 0 Å². The molecule has 6 heteroatoms. The third-order valence-electron chi connectivity index (χ3n) is 3.43. The van der Waals surface area contributed by atoms with Crippen LogP contribution in [0.25, 0.3) is 11.3 Å². The minimum Gasteiger partial charge on any atom is -0.490 e. The third-order valence-corrected chi connectivity index (χ3v) is 3.43. The fourth-order valence-electron chi connectivity index (χ4n) is 2.23. The molecule has 0 saturated heterocycles. The number of ether oxygens (including phenoxy) is 2. The summed E-state index contributed by atoms with van der Waals surface area (Å²) in [6.07, 6.45) is 1.20. The van der Waals surface area contributed by atoms with Gasteiger partial charge in [-0.25, -0.2) is 4.39 Å². The van der Waals surface area contributed by atoms with Crippen LogP contribution in [-0.2, 0) is 0 Å². The first-order valence-electron chi connectivity index (χ1n) is 7.66. The predicted molar refractivity (Wildman–Crippen MR) is 88.6 cm³/mol. The number of aromatic nitrogens is 1. The van der Waals surface area contributed by atoms with Crippen molar-refractivity contribution in [1.82, 2.24) is 5.16 Å². The predicted octanol–water partition coefficient (Wildman–Crippen LogP) is 4.20. The van der Waals surface area contributed by atoms with Crippen LogP contribution in [0, 0.1) is 17.1 Å². The lowest BCUT2D eigenvalue weighted by molar-refractivity contribution is 0.138. The second-order valence-corrected chi connectivity index (χ2v) is 5.40. The fourth-order valence-corrected chi connectivity index (χ4v) is 2.23. The van der Waals surface area contributed by atoms with E-state index in [1.165, 1.54) is 12.1 Å². The first-order valence-corrected chi connectivity index (χ1v) is 7.66. The Hall–Kier alpha value is -3.33. The smallest absolute Gasteiger partial charge is 0.166 e. The molecular formula is C19H15FN2O3. The molecule has 0 bridgehead atoms. The van der Waals surface area contributed by atoms with Gasteiger partial charge in [-0.3, -0.25) is 0 Å². The summed E-state index contributed by atoms with van der Waals surface area (Å²) in [5.41, 5.74) is 1.10. The maximum atomic E-state index is 13.8. The average Bonchev–Trinajstić information content (AvgIpc) is 3.17. The van der Waals surface area contributed by atoms with E-state index in [-0.39, 0.29) is 24.0 Å². The van der Waals surface area contributed by atoms with Crippen LogP contribution in [-0.4, -0.2) is 17.9 Å². The number of hydrogen-bond acceptors (Lipinski definition) is 5. The zero-order valence-electron chi connectivity index (χ0n) is 13.5. The first kappa shape index (κ1) is 16.5. The topological polar surface area (TPSA) is 68.3 Å². The largest absolute Gasteiger partial charge is 0.490 e. The van der Waals surface area contributed by atoms with Gasteiger partial charge in [0.15, 0.2) is 17.3 Å². The molecule has 0 N–H and O–H groups in total. The van der Waals surface area contributed by atoms with Crippen LogP contribution in [0.1, 0.15) is 12.5 Å². The standard InChI is InChI=1S/C19H15FN2O3/c1-13(24-19-6-5-14(11-21)9-17(19)20)12-23-16-4-2-3-15(10-16)18-7-8-22-25-18/h2-10,13H,12H2,1H3. The van der Waals surface area contributed by atoms with Gasteiger partial charge >= 0.3 is 0 Å². The van der Waals surface area contributed by atoms with E-state index in [0.717, 1.165) is 11.6 Å². The monoisotopic (exact) mass is 338 g/mol. The van der Waals surface area contributed by atoms with E-state index in [4.69, 9.17) is 19.3 Å². The van der Waals surface area contributed by atoms with Crippen LogP contribution in [0.3, 0.4) is 0 Å². The Kier molecular flexibility index (Phi) is 4.95. The van der Waals surface area contributed by atoms with E-state index in [2.05, 4.69) is 5.16 Å². The second kappa shape index (κ2) is 7.49. The van der Waals surface area contributed by atoms with Gasteiger partial charge in [0.1, 0.15) is 18.5 Å². The van der Waals surface area contributed by atoms with Gasteiger partial charge in [-0.05, 0) is 37.3 Å². The maximum Gasteiger partial charge on any atom is 0.166 e. The molecule has 5 nitrogen and oxygen atoms in total. The molecule has 3 rings (SSSR count). The van der Waals surface area contributed by atoms with Gasteiger partial charge < -0.3 is 14.0 Å². The number of rotatable bonds is 6. The highest BCUT2D eigenvalue weighted by molar-refractivity contribution is 5.58. The molecule has 126 valence electrons. The molecule has 1 unspecified atom stereocenters. The molecule has 0 amide bonds. The van der Waals surface area contributed by atoms with Crippen molar-refractivity contribution in [3.63, 3.8) is 0 Å². The van der Waals surface area contributed by atoms with Crippen LogP contribution in [0.2, 0.25) is 0 Å². The van der Waals surface area contributed by atoms with Gasteiger partial charge in [0, 0.05) is 11.6 Å². The molecule has 1 heterocycles. The summed E-state index contributed by atoms with van der Waals surface area (Å²) < 4.78 is 30.2. The molecule has 1 aromatic heterocycles. The molecule has 0 aliphatic carbocycles. The van der Waals surface area contributed by atoms with E-state index < -0.39 is 5.82 Å². The van der Waals surface area contributed by atoms with Crippen LogP contribution < -0.4 is 9.47 Å². The molecular weight excluding hydrogens is 323 g/mol. The number of nitriles is 1. The summed E-state index contributed by atoms with van der Waals surface area (Å²) >= 11 is 0. The van der Waals surface area contributed by atoms with E-state index in [1.54, 1.807) is 19.2 Å². The minimum atomic E-state index is -0.571. The molecule has 0 aliphatic rings. The summed E-state index contributed by atoms with van der Waals surface area (Å²) in [5, 5.41) is 12.4. The van der Waals surface area contributed by atoms with E-state index in [0.29, 0.717) is 11.5 Å². The molecule has 0 spiro atoms. The van der Waals surface area contributed by atoms with Crippen molar-refractivity contribution >= 4 is 0 Å². The summed E-state index contributed by atoms with van der Waals surface area (Å²) in [6.45, 7) is 2.01. The van der Waals surface area contributed by atoms with Crippen molar-refractivity contribution in [2.24, 2.45) is 0 Å². The Balaban J connectivity index is 1.60. The van der Waals surface area contributed by atoms with Crippen molar-refractivity contribution in [2.75, 3.05) is 6.61 Å². The molecule has 0 fully saturated rings. The van der Waals surface area contributed by atoms with Gasteiger partial charge in [-0.2, -0.15) is 5.26 Å². The third kappa shape index (κ3) is 4.15. The van der Waals surface area contributed by atoms with Crippen molar-refractivity contribution in [3.05, 3.63) is 66.1 Å². The van der Waals surface area contributed by atoms with Crippen LogP contribution in [0.15, 0.2) is 59.3 Å². The van der Waals surface area contributed by atoms with Gasteiger partial charge in [0.05, 0.1) is 17.8 Å². The first-order chi connectivity index (χ1) is 12.2. The maximum absolute atomic E-state index is 13.8. The second-order valence-electron chi connectivity index (χ2n) is 5.40. The highest BCUT2D eigenvalue weighted by Crippen LogP contribution is 2.24. The molecule has 2 aromatic carbocycles. The van der Waals surface area contributed by atoms with E-state index in [1.807, 2.05) is 30.3 Å². The van der Waals surface area contributed by atoms with Crippen LogP contribution in [0.5, 0.6) is 11.5 Å². The Morgan fingerprint density at radius 2 is 2.12 bits per heavy atom. The average molecular weight is 338 g/mol. The molecule has 1 atom stereocenters. The normalized spacial score (nSPS) is 11.6. The van der Waals surface area contributed by atoms with Gasteiger partial charge in [-0.1, -0.05) is 17.3 Å². The zero-order valence-corrected chi connectivity index (χ0v) is 13.5. The SMILES string of the molecule is CC(COc1cccc(-c2ccno2)c1)Oc1ccc(C#N)cc1F. The molecule has 3 aromatic rings. The molecule has 0 radical (unpaired) electrons. The van der Waals surface area contributed by atoms with Crippen molar-refractivity contribution in [3.8, 4) is 28.9 Å². The lowest BCUT2D eigenvalue weighted by atomic mass is 10.1. The summed E-state index contributed by atoms with van der Waals surface area (Å²) in [7, 11) is 0. The number of benzene rings is 2. The summed E-state index contributed by atoms with van der Waals surface area (Å²) in [4.78, 5) is 0. The quantitative estimate of drug-likeness (QED) is 0.674. The number of halogens is 1. The van der Waals surface area contributed by atoms with E-state index in [9.17, 15) is 4.39 Å². The van der Waals surface area contributed by atoms with Gasteiger partial charge in [0.2, 0.25) is 0 Å². The lowest BCUT2D eigenvalue weighted by Crippen LogP contribution is -2.21. The Labute approximate surface area is 144 Å². The van der Waals surface area contributed by atoms with Crippen LogP contribution in [0.4, 0.5) is 4.39 Å².